The Morgan fingerprint density at radius 1 is 1.18 bits per heavy atom. The molecule has 0 aliphatic carbocycles. The number of allylic oxidation sites excluding steroid dienone is 1. The fourth-order valence-corrected chi connectivity index (χ4v) is 3.56. The predicted molar refractivity (Wildman–Crippen MR) is 141 cm³/mol. The van der Waals surface area contributed by atoms with Gasteiger partial charge in [-0.15, -0.1) is 0 Å². The number of methoxy groups -OCH3 is 1. The number of amides is 3. The van der Waals surface area contributed by atoms with Crippen LogP contribution in [0.25, 0.3) is 0 Å². The van der Waals surface area contributed by atoms with Crippen LogP contribution in [-0.4, -0.2) is 57.5 Å². The van der Waals surface area contributed by atoms with Gasteiger partial charge in [0.25, 0.3) is 11.5 Å². The van der Waals surface area contributed by atoms with Gasteiger partial charge in [-0.2, -0.15) is 0 Å². The van der Waals surface area contributed by atoms with Gasteiger partial charge in [0.05, 0.1) is 13.4 Å². The summed E-state index contributed by atoms with van der Waals surface area (Å²) in [4.78, 5) is 66.3. The minimum absolute atomic E-state index is 0.0347. The lowest BCUT2D eigenvalue weighted by Gasteiger charge is -2.18. The lowest BCUT2D eigenvalue weighted by atomic mass is 10.0. The van der Waals surface area contributed by atoms with Gasteiger partial charge in [0.15, 0.2) is 0 Å². The Bertz CT molecular complexity index is 1200. The lowest BCUT2D eigenvalue weighted by molar-refractivity contribution is -0.134. The quantitative estimate of drug-likeness (QED) is 0.247. The van der Waals surface area contributed by atoms with Crippen molar-refractivity contribution in [3.8, 4) is 0 Å². The molecule has 0 saturated carbocycles. The summed E-state index contributed by atoms with van der Waals surface area (Å²) in [6.45, 7) is 4.44. The van der Waals surface area contributed by atoms with Crippen LogP contribution in [0.1, 0.15) is 50.0 Å². The van der Waals surface area contributed by atoms with E-state index in [9.17, 15) is 24.0 Å². The Labute approximate surface area is 221 Å². The number of carbonyl (C=O) groups excluding carboxylic acids is 4. The summed E-state index contributed by atoms with van der Waals surface area (Å²) in [5.74, 6) is -1.68. The van der Waals surface area contributed by atoms with Crippen molar-refractivity contribution in [2.75, 3.05) is 19.0 Å². The predicted octanol–water partition coefficient (Wildman–Crippen LogP) is 1.38. The van der Waals surface area contributed by atoms with Crippen molar-refractivity contribution < 1.29 is 23.9 Å². The van der Waals surface area contributed by atoms with Crippen LogP contribution in [-0.2, 0) is 32.7 Å². The number of pyridine rings is 1. The number of esters is 1. The Balaban J connectivity index is 2.13. The molecule has 0 saturated heterocycles. The molecule has 12 nitrogen and oxygen atoms in total. The normalized spacial score (nSPS) is 11.8. The van der Waals surface area contributed by atoms with Gasteiger partial charge in [-0.05, 0) is 30.9 Å². The summed E-state index contributed by atoms with van der Waals surface area (Å²) in [7, 11) is 2.96. The third kappa shape index (κ3) is 9.34. The molecule has 1 atom stereocenters. The molecule has 0 aliphatic rings. The highest BCUT2D eigenvalue weighted by molar-refractivity contribution is 6.00. The smallest absolute Gasteiger partial charge is 0.330 e. The molecule has 2 rings (SSSR count). The molecule has 0 fully saturated rings. The summed E-state index contributed by atoms with van der Waals surface area (Å²) >= 11 is 0. The molecule has 2 aromatic heterocycles. The number of aryl methyl sites for hydroxylation is 1. The van der Waals surface area contributed by atoms with Gasteiger partial charge in [-0.1, -0.05) is 32.8 Å². The third-order valence-corrected chi connectivity index (χ3v) is 5.97. The van der Waals surface area contributed by atoms with E-state index in [1.807, 2.05) is 0 Å². The molecule has 0 bridgehead atoms. The van der Waals surface area contributed by atoms with Crippen molar-refractivity contribution in [2.45, 2.75) is 52.1 Å². The molecule has 2 aromatic rings. The van der Waals surface area contributed by atoms with Crippen LogP contribution in [0.4, 0.5) is 5.69 Å². The second-order valence-corrected chi connectivity index (χ2v) is 8.78. The van der Waals surface area contributed by atoms with E-state index in [1.165, 1.54) is 48.6 Å². The van der Waals surface area contributed by atoms with E-state index < -0.39 is 29.4 Å². The zero-order chi connectivity index (χ0) is 28.1. The maximum atomic E-state index is 13.1. The Hall–Kier alpha value is -4.22. The molecular weight excluding hydrogens is 492 g/mol. The largest absolute Gasteiger partial charge is 0.466 e. The third-order valence-electron chi connectivity index (χ3n) is 5.97. The second kappa shape index (κ2) is 15.1. The van der Waals surface area contributed by atoms with Crippen LogP contribution in [0.2, 0.25) is 0 Å². The van der Waals surface area contributed by atoms with Crippen molar-refractivity contribution in [2.24, 2.45) is 13.0 Å². The molecule has 206 valence electrons. The number of nitrogens with one attached hydrogen (secondary N) is 3. The average molecular weight is 529 g/mol. The maximum absolute atomic E-state index is 13.1. The van der Waals surface area contributed by atoms with Gasteiger partial charge in [-0.3, -0.25) is 19.2 Å². The molecule has 38 heavy (non-hydrogen) atoms. The van der Waals surface area contributed by atoms with Gasteiger partial charge in [-0.25, -0.2) is 9.78 Å². The minimum atomic E-state index is -1.04. The van der Waals surface area contributed by atoms with E-state index in [-0.39, 0.29) is 36.7 Å². The van der Waals surface area contributed by atoms with E-state index in [2.05, 4.69) is 39.5 Å². The minimum Gasteiger partial charge on any atom is -0.466 e. The first-order valence-electron chi connectivity index (χ1n) is 12.5. The number of hydrogen-bond donors (Lipinski definition) is 3. The van der Waals surface area contributed by atoms with Crippen LogP contribution in [0.5, 0.6) is 0 Å². The van der Waals surface area contributed by atoms with Crippen molar-refractivity contribution >= 4 is 29.4 Å². The van der Waals surface area contributed by atoms with Crippen LogP contribution in [0, 0.1) is 5.92 Å². The van der Waals surface area contributed by atoms with Gasteiger partial charge in [0, 0.05) is 32.1 Å². The fourth-order valence-electron chi connectivity index (χ4n) is 3.56. The molecule has 3 amide bonds. The van der Waals surface area contributed by atoms with Gasteiger partial charge < -0.3 is 29.8 Å². The van der Waals surface area contributed by atoms with Crippen molar-refractivity contribution in [3.63, 3.8) is 0 Å². The zero-order valence-corrected chi connectivity index (χ0v) is 22.2. The van der Waals surface area contributed by atoms with Crippen LogP contribution < -0.4 is 21.5 Å². The number of aromatic nitrogens is 3. The first-order valence-corrected chi connectivity index (χ1v) is 12.5. The van der Waals surface area contributed by atoms with Crippen molar-refractivity contribution in [1.29, 1.82) is 0 Å². The molecule has 3 N–H and O–H groups in total. The monoisotopic (exact) mass is 528 g/mol. The highest BCUT2D eigenvalue weighted by atomic mass is 16.5. The van der Waals surface area contributed by atoms with E-state index in [0.29, 0.717) is 12.5 Å². The highest BCUT2D eigenvalue weighted by Gasteiger charge is 2.23. The maximum Gasteiger partial charge on any atom is 0.330 e. The Morgan fingerprint density at radius 3 is 2.55 bits per heavy atom. The summed E-state index contributed by atoms with van der Waals surface area (Å²) < 4.78 is 7.35. The molecule has 0 unspecified atom stereocenters. The first kappa shape index (κ1) is 30.0. The number of rotatable bonds is 14. The van der Waals surface area contributed by atoms with E-state index in [4.69, 9.17) is 0 Å². The summed E-state index contributed by atoms with van der Waals surface area (Å²) in [5, 5.41) is 8.02. The number of hydrogen-bond acceptors (Lipinski definition) is 7. The van der Waals surface area contributed by atoms with Crippen LogP contribution in [0.15, 0.2) is 47.8 Å². The van der Waals surface area contributed by atoms with Crippen molar-refractivity contribution in [3.05, 3.63) is 59.1 Å². The lowest BCUT2D eigenvalue weighted by Crippen LogP contribution is -2.44. The van der Waals surface area contributed by atoms with E-state index in [0.717, 1.165) is 12.8 Å². The number of nitrogens with zero attached hydrogens (tertiary/aromatic N) is 3. The topological polar surface area (TPSA) is 153 Å². The molecule has 0 aromatic carbocycles. The molecule has 0 aliphatic heterocycles. The number of imidazole rings is 1. The summed E-state index contributed by atoms with van der Waals surface area (Å²) in [5.41, 5.74) is -0.469. The zero-order valence-electron chi connectivity index (χ0n) is 22.2. The molecule has 0 spiro atoms. The fraction of sp³-hybridized carbons (Fsp3) is 0.462. The van der Waals surface area contributed by atoms with Crippen molar-refractivity contribution in [1.82, 2.24) is 24.8 Å². The summed E-state index contributed by atoms with van der Waals surface area (Å²) in [6.07, 6.45) is 9.45. The van der Waals surface area contributed by atoms with E-state index in [1.54, 1.807) is 17.7 Å². The van der Waals surface area contributed by atoms with E-state index >= 15 is 0 Å². The second-order valence-electron chi connectivity index (χ2n) is 8.78. The Morgan fingerprint density at radius 2 is 1.92 bits per heavy atom. The van der Waals surface area contributed by atoms with Gasteiger partial charge in [0.1, 0.15) is 24.0 Å². The SMILES string of the molecule is CCC(CC)CNC(=O)Cn1cccc(NC(=O)[C@H](CC/C=C/C(=O)OC)NC(=O)c2cn(C)cn2)c1=O. The number of carbonyl (C=O) groups is 4. The number of ether oxygens (including phenoxy) is 1. The van der Waals surface area contributed by atoms with Gasteiger partial charge >= 0.3 is 5.97 Å². The van der Waals surface area contributed by atoms with Gasteiger partial charge in [0.2, 0.25) is 11.8 Å². The molecule has 0 radical (unpaired) electrons. The van der Waals surface area contributed by atoms with Crippen LogP contribution >= 0.6 is 0 Å². The molecular formula is C26H36N6O6. The average Bonchev–Trinajstić information content (AvgIpc) is 3.34. The number of anilines is 1. The molecule has 2 heterocycles. The summed E-state index contributed by atoms with van der Waals surface area (Å²) in [6, 6.07) is 1.93. The highest BCUT2D eigenvalue weighted by Crippen LogP contribution is 2.07. The Kier molecular flexibility index (Phi) is 11.9. The standard InChI is InChI=1S/C26H36N6O6/c1-5-18(6-2)14-27-22(33)16-32-13-9-11-20(26(32)37)30-24(35)19(10-7-8-12-23(34)38-4)29-25(36)21-15-31(3)17-28-21/h8-9,11-13,15,17-19H,5-7,10,14,16H2,1-4H3,(H,27,33)(H,29,36)(H,30,35)/b12-8+/t19-/m0/s1. The first-order chi connectivity index (χ1) is 18.2. The van der Waals surface area contributed by atoms with Crippen LogP contribution in [0.3, 0.4) is 0 Å². The molecule has 12 heteroatoms.